The van der Waals surface area contributed by atoms with Crippen LogP contribution in [0.3, 0.4) is 0 Å². The van der Waals surface area contributed by atoms with Crippen LogP contribution in [-0.2, 0) is 11.2 Å². The van der Waals surface area contributed by atoms with E-state index in [-0.39, 0.29) is 12.3 Å². The van der Waals surface area contributed by atoms with Crippen LogP contribution in [0, 0.1) is 0 Å². The molecular formula is C20H26N2O3. The minimum absolute atomic E-state index is 0.0195. The standard InChI is InChI=1S/C20H26N2O3/c1-22(17-8-5-4-6-9-17)13-7-12-21-20(23)15-16-14-18(24-2)10-11-19(16)25-3/h4-6,8-11,14H,7,12-13,15H2,1-3H3,(H,21,23). The number of methoxy groups -OCH3 is 2. The summed E-state index contributed by atoms with van der Waals surface area (Å²) in [5.74, 6) is 1.39. The van der Waals surface area contributed by atoms with Crippen molar-refractivity contribution >= 4 is 11.6 Å². The van der Waals surface area contributed by atoms with Gasteiger partial charge in [0.05, 0.1) is 20.6 Å². The predicted molar refractivity (Wildman–Crippen MR) is 101 cm³/mol. The van der Waals surface area contributed by atoms with Gasteiger partial charge in [-0.3, -0.25) is 4.79 Å². The first kappa shape index (κ1) is 18.6. The average Bonchev–Trinajstić information content (AvgIpc) is 2.65. The Labute approximate surface area is 149 Å². The van der Waals surface area contributed by atoms with E-state index in [4.69, 9.17) is 9.47 Å². The molecule has 0 aliphatic heterocycles. The number of carbonyl (C=O) groups excluding carboxylic acids is 1. The highest BCUT2D eigenvalue weighted by atomic mass is 16.5. The number of benzene rings is 2. The van der Waals surface area contributed by atoms with Gasteiger partial charge in [0.1, 0.15) is 11.5 Å². The molecule has 5 heteroatoms. The fraction of sp³-hybridized carbons (Fsp3) is 0.350. The second kappa shape index (κ2) is 9.57. The fourth-order valence-electron chi connectivity index (χ4n) is 2.61. The minimum atomic E-state index is -0.0195. The molecule has 0 aromatic heterocycles. The van der Waals surface area contributed by atoms with Gasteiger partial charge < -0.3 is 19.7 Å². The molecule has 0 fully saturated rings. The van der Waals surface area contributed by atoms with Crippen molar-refractivity contribution in [1.29, 1.82) is 0 Å². The van der Waals surface area contributed by atoms with Crippen LogP contribution in [0.2, 0.25) is 0 Å². The molecule has 0 radical (unpaired) electrons. The molecule has 5 nitrogen and oxygen atoms in total. The zero-order valence-corrected chi connectivity index (χ0v) is 15.1. The van der Waals surface area contributed by atoms with Gasteiger partial charge >= 0.3 is 0 Å². The molecule has 0 saturated carbocycles. The van der Waals surface area contributed by atoms with E-state index in [2.05, 4.69) is 29.4 Å². The van der Waals surface area contributed by atoms with Gasteiger partial charge in [0, 0.05) is 31.4 Å². The largest absolute Gasteiger partial charge is 0.497 e. The highest BCUT2D eigenvalue weighted by molar-refractivity contribution is 5.79. The van der Waals surface area contributed by atoms with Crippen molar-refractivity contribution in [3.05, 3.63) is 54.1 Å². The Bertz CT molecular complexity index is 674. The summed E-state index contributed by atoms with van der Waals surface area (Å²) in [7, 11) is 5.26. The smallest absolute Gasteiger partial charge is 0.224 e. The maximum atomic E-state index is 12.2. The number of hydrogen-bond acceptors (Lipinski definition) is 4. The SMILES string of the molecule is COc1ccc(OC)c(CC(=O)NCCCN(C)c2ccccc2)c1. The Kier molecular flexibility index (Phi) is 7.14. The lowest BCUT2D eigenvalue weighted by Crippen LogP contribution is -2.29. The van der Waals surface area contributed by atoms with Gasteiger partial charge in [-0.1, -0.05) is 18.2 Å². The molecule has 0 heterocycles. The van der Waals surface area contributed by atoms with E-state index in [1.807, 2.05) is 36.4 Å². The van der Waals surface area contributed by atoms with Gasteiger partial charge in [-0.05, 0) is 36.8 Å². The average molecular weight is 342 g/mol. The van der Waals surface area contributed by atoms with Crippen molar-refractivity contribution in [3.8, 4) is 11.5 Å². The van der Waals surface area contributed by atoms with Crippen LogP contribution < -0.4 is 19.7 Å². The molecule has 0 saturated heterocycles. The molecule has 0 aliphatic carbocycles. The molecule has 0 unspecified atom stereocenters. The van der Waals surface area contributed by atoms with E-state index in [1.165, 1.54) is 5.69 Å². The number of carbonyl (C=O) groups is 1. The predicted octanol–water partition coefficient (Wildman–Crippen LogP) is 2.89. The molecule has 0 spiro atoms. The number of amides is 1. The molecule has 25 heavy (non-hydrogen) atoms. The Morgan fingerprint density at radius 2 is 1.84 bits per heavy atom. The molecule has 0 atom stereocenters. The van der Waals surface area contributed by atoms with Crippen molar-refractivity contribution in [2.24, 2.45) is 0 Å². The van der Waals surface area contributed by atoms with Gasteiger partial charge in [-0.25, -0.2) is 0 Å². The number of para-hydroxylation sites is 1. The summed E-state index contributed by atoms with van der Waals surface area (Å²) in [6, 6.07) is 15.7. The Morgan fingerprint density at radius 1 is 1.08 bits per heavy atom. The number of rotatable bonds is 9. The first-order chi connectivity index (χ1) is 12.1. The van der Waals surface area contributed by atoms with Gasteiger partial charge in [-0.2, -0.15) is 0 Å². The fourth-order valence-corrected chi connectivity index (χ4v) is 2.61. The summed E-state index contributed by atoms with van der Waals surface area (Å²) in [5.41, 5.74) is 2.00. The van der Waals surface area contributed by atoms with Crippen LogP contribution in [-0.4, -0.2) is 40.3 Å². The topological polar surface area (TPSA) is 50.8 Å². The summed E-state index contributed by atoms with van der Waals surface area (Å²) >= 11 is 0. The maximum Gasteiger partial charge on any atom is 0.224 e. The first-order valence-electron chi connectivity index (χ1n) is 8.38. The monoisotopic (exact) mass is 342 g/mol. The van der Waals surface area contributed by atoms with Crippen LogP contribution in [0.5, 0.6) is 11.5 Å². The summed E-state index contributed by atoms with van der Waals surface area (Å²) in [4.78, 5) is 14.4. The van der Waals surface area contributed by atoms with Crippen molar-refractivity contribution < 1.29 is 14.3 Å². The maximum absolute atomic E-state index is 12.2. The zero-order valence-electron chi connectivity index (χ0n) is 15.1. The van der Waals surface area contributed by atoms with Crippen molar-refractivity contribution in [1.82, 2.24) is 5.32 Å². The second-order valence-corrected chi connectivity index (χ2v) is 5.82. The van der Waals surface area contributed by atoms with Crippen LogP contribution in [0.25, 0.3) is 0 Å². The first-order valence-corrected chi connectivity index (χ1v) is 8.38. The third kappa shape index (κ3) is 5.71. The zero-order chi connectivity index (χ0) is 18.1. The number of nitrogens with one attached hydrogen (secondary N) is 1. The van der Waals surface area contributed by atoms with E-state index in [9.17, 15) is 4.79 Å². The van der Waals surface area contributed by atoms with Gasteiger partial charge in [0.25, 0.3) is 0 Å². The van der Waals surface area contributed by atoms with Crippen LogP contribution in [0.4, 0.5) is 5.69 Å². The quantitative estimate of drug-likeness (QED) is 0.712. The molecule has 1 amide bonds. The normalized spacial score (nSPS) is 10.2. The van der Waals surface area contributed by atoms with Crippen molar-refractivity contribution in [2.45, 2.75) is 12.8 Å². The number of ether oxygens (including phenoxy) is 2. The summed E-state index contributed by atoms with van der Waals surface area (Å²) in [6.07, 6.45) is 1.15. The van der Waals surface area contributed by atoms with Crippen LogP contribution in [0.15, 0.2) is 48.5 Å². The van der Waals surface area contributed by atoms with Crippen molar-refractivity contribution in [2.75, 3.05) is 39.3 Å². The number of nitrogens with zero attached hydrogens (tertiary/aromatic N) is 1. The van der Waals surface area contributed by atoms with Crippen LogP contribution in [0.1, 0.15) is 12.0 Å². The highest BCUT2D eigenvalue weighted by Gasteiger charge is 2.10. The van der Waals surface area contributed by atoms with E-state index < -0.39 is 0 Å². The summed E-state index contributed by atoms with van der Waals surface area (Å²) in [6.45, 7) is 1.52. The molecule has 134 valence electrons. The summed E-state index contributed by atoms with van der Waals surface area (Å²) in [5, 5.41) is 2.96. The summed E-state index contributed by atoms with van der Waals surface area (Å²) < 4.78 is 10.5. The van der Waals surface area contributed by atoms with Crippen LogP contribution >= 0.6 is 0 Å². The molecule has 0 aliphatic rings. The minimum Gasteiger partial charge on any atom is -0.497 e. The number of hydrogen-bond donors (Lipinski definition) is 1. The second-order valence-electron chi connectivity index (χ2n) is 5.82. The molecule has 2 aromatic rings. The van der Waals surface area contributed by atoms with Crippen molar-refractivity contribution in [3.63, 3.8) is 0 Å². The Morgan fingerprint density at radius 3 is 2.52 bits per heavy atom. The lowest BCUT2D eigenvalue weighted by Gasteiger charge is -2.19. The highest BCUT2D eigenvalue weighted by Crippen LogP contribution is 2.24. The lowest BCUT2D eigenvalue weighted by atomic mass is 10.1. The van der Waals surface area contributed by atoms with E-state index in [0.717, 1.165) is 18.5 Å². The van der Waals surface area contributed by atoms with E-state index in [0.29, 0.717) is 18.0 Å². The van der Waals surface area contributed by atoms with E-state index >= 15 is 0 Å². The Balaban J connectivity index is 1.77. The number of anilines is 1. The lowest BCUT2D eigenvalue weighted by molar-refractivity contribution is -0.120. The third-order valence-electron chi connectivity index (χ3n) is 4.03. The van der Waals surface area contributed by atoms with Gasteiger partial charge in [-0.15, -0.1) is 0 Å². The third-order valence-corrected chi connectivity index (χ3v) is 4.03. The molecule has 1 N–H and O–H groups in total. The Hall–Kier alpha value is -2.69. The van der Waals surface area contributed by atoms with Gasteiger partial charge in [0.2, 0.25) is 5.91 Å². The van der Waals surface area contributed by atoms with Gasteiger partial charge in [0.15, 0.2) is 0 Å². The molecule has 0 bridgehead atoms. The molecular weight excluding hydrogens is 316 g/mol. The van der Waals surface area contributed by atoms with E-state index in [1.54, 1.807) is 14.2 Å². The molecule has 2 rings (SSSR count). The molecule has 2 aromatic carbocycles.